The van der Waals surface area contributed by atoms with Crippen molar-refractivity contribution in [1.29, 1.82) is 0 Å². The minimum atomic E-state index is -0.791. The van der Waals surface area contributed by atoms with Crippen molar-refractivity contribution in [1.82, 2.24) is 0 Å². The van der Waals surface area contributed by atoms with Gasteiger partial charge in [0.05, 0.1) is 0 Å². The fourth-order valence-corrected chi connectivity index (χ4v) is 9.17. The molecule has 0 aromatic rings. The first kappa shape index (κ1) is 74.1. The second-order valence-electron chi connectivity index (χ2n) is 21.6. The fourth-order valence-electron chi connectivity index (χ4n) is 9.17. The molecule has 0 saturated heterocycles. The highest BCUT2D eigenvalue weighted by atomic mass is 16.6. The molecule has 0 radical (unpaired) electrons. The van der Waals surface area contributed by atoms with Crippen LogP contribution in [0.3, 0.4) is 0 Å². The molecule has 0 aliphatic heterocycles. The van der Waals surface area contributed by atoms with E-state index in [1.807, 2.05) is 0 Å². The molecule has 0 fully saturated rings. The summed E-state index contributed by atoms with van der Waals surface area (Å²) in [7, 11) is 0. The molecule has 6 heteroatoms. The summed E-state index contributed by atoms with van der Waals surface area (Å²) in [4.78, 5) is 38.0. The van der Waals surface area contributed by atoms with Crippen molar-refractivity contribution in [3.05, 3.63) is 109 Å². The highest BCUT2D eigenvalue weighted by Crippen LogP contribution is 2.17. The van der Waals surface area contributed by atoms with Crippen LogP contribution in [0.2, 0.25) is 0 Å². The van der Waals surface area contributed by atoms with Crippen LogP contribution in [-0.4, -0.2) is 37.2 Å². The van der Waals surface area contributed by atoms with Crippen LogP contribution in [0.5, 0.6) is 0 Å². The Labute approximate surface area is 482 Å². The number of allylic oxidation sites excluding steroid dienone is 18. The number of hydrogen-bond acceptors (Lipinski definition) is 6. The van der Waals surface area contributed by atoms with Gasteiger partial charge in [0.2, 0.25) is 0 Å². The lowest BCUT2D eigenvalue weighted by molar-refractivity contribution is -0.167. The maximum absolute atomic E-state index is 12.8. The van der Waals surface area contributed by atoms with E-state index < -0.39 is 6.10 Å². The zero-order valence-corrected chi connectivity index (χ0v) is 51.2. The monoisotopic (exact) mass is 1080 g/mol. The van der Waals surface area contributed by atoms with Gasteiger partial charge in [-0.15, -0.1) is 0 Å². The van der Waals surface area contributed by atoms with Crippen LogP contribution < -0.4 is 0 Å². The lowest BCUT2D eigenvalue weighted by Crippen LogP contribution is -2.30. The molecule has 446 valence electrons. The van der Waals surface area contributed by atoms with E-state index in [9.17, 15) is 14.4 Å². The van der Waals surface area contributed by atoms with E-state index in [1.165, 1.54) is 148 Å². The summed E-state index contributed by atoms with van der Waals surface area (Å²) in [5.74, 6) is -0.923. The van der Waals surface area contributed by atoms with Gasteiger partial charge >= 0.3 is 17.9 Å². The largest absolute Gasteiger partial charge is 0.462 e. The summed E-state index contributed by atoms with van der Waals surface area (Å²) in [6.45, 7) is 6.34. The van der Waals surface area contributed by atoms with Gasteiger partial charge in [-0.3, -0.25) is 14.4 Å². The minimum Gasteiger partial charge on any atom is -0.462 e. The molecule has 0 N–H and O–H groups in total. The second kappa shape index (κ2) is 65.6. The molecule has 0 bridgehead atoms. The van der Waals surface area contributed by atoms with Gasteiger partial charge < -0.3 is 14.2 Å². The third-order valence-corrected chi connectivity index (χ3v) is 14.0. The Balaban J connectivity index is 3.99. The summed E-state index contributed by atoms with van der Waals surface area (Å²) in [6.07, 6.45) is 90.2. The summed E-state index contributed by atoms with van der Waals surface area (Å²) < 4.78 is 16.8. The first-order valence-electron chi connectivity index (χ1n) is 32.9. The number of unbranched alkanes of at least 4 members (excludes halogenated alkanes) is 30. The maximum atomic E-state index is 12.8. The first-order valence-corrected chi connectivity index (χ1v) is 32.9. The molecule has 0 amide bonds. The van der Waals surface area contributed by atoms with Crippen LogP contribution in [0.25, 0.3) is 0 Å². The zero-order chi connectivity index (χ0) is 56.4. The van der Waals surface area contributed by atoms with Crippen molar-refractivity contribution in [2.45, 2.75) is 316 Å². The van der Waals surface area contributed by atoms with E-state index in [-0.39, 0.29) is 31.1 Å². The van der Waals surface area contributed by atoms with Crippen molar-refractivity contribution in [2.75, 3.05) is 13.2 Å². The molecule has 1 unspecified atom stereocenters. The summed E-state index contributed by atoms with van der Waals surface area (Å²) >= 11 is 0. The lowest BCUT2D eigenvalue weighted by Gasteiger charge is -2.18. The highest BCUT2D eigenvalue weighted by molar-refractivity contribution is 5.71. The van der Waals surface area contributed by atoms with E-state index in [0.717, 1.165) is 122 Å². The van der Waals surface area contributed by atoms with Crippen LogP contribution >= 0.6 is 0 Å². The van der Waals surface area contributed by atoms with E-state index in [2.05, 4.69) is 130 Å². The van der Waals surface area contributed by atoms with Gasteiger partial charge in [-0.05, 0) is 103 Å². The number of rotatable bonds is 59. The van der Waals surface area contributed by atoms with E-state index in [0.29, 0.717) is 19.3 Å². The Kier molecular flexibility index (Phi) is 62.3. The van der Waals surface area contributed by atoms with Crippen LogP contribution in [0.4, 0.5) is 0 Å². The van der Waals surface area contributed by atoms with Crippen molar-refractivity contribution in [3.8, 4) is 0 Å². The Morgan fingerprint density at radius 3 is 0.795 bits per heavy atom. The van der Waals surface area contributed by atoms with Gasteiger partial charge in [0.15, 0.2) is 6.10 Å². The predicted octanol–water partition coefficient (Wildman–Crippen LogP) is 22.6. The van der Waals surface area contributed by atoms with Gasteiger partial charge in [-0.2, -0.15) is 0 Å². The Morgan fingerprint density at radius 2 is 0.500 bits per heavy atom. The fraction of sp³-hybridized carbons (Fsp3) is 0.708. The Bertz CT molecular complexity index is 1570. The topological polar surface area (TPSA) is 78.9 Å². The molecule has 0 aliphatic rings. The molecular weight excluding hydrogens is 961 g/mol. The van der Waals surface area contributed by atoms with Gasteiger partial charge in [0.1, 0.15) is 13.2 Å². The smallest absolute Gasteiger partial charge is 0.306 e. The average Bonchev–Trinajstić information content (AvgIpc) is 3.44. The average molecular weight is 1080 g/mol. The van der Waals surface area contributed by atoms with Gasteiger partial charge in [-0.25, -0.2) is 0 Å². The molecule has 0 heterocycles. The third kappa shape index (κ3) is 62.9. The predicted molar refractivity (Wildman–Crippen MR) is 339 cm³/mol. The van der Waals surface area contributed by atoms with E-state index >= 15 is 0 Å². The Morgan fingerprint density at radius 1 is 0.269 bits per heavy atom. The molecule has 6 nitrogen and oxygen atoms in total. The number of hydrogen-bond donors (Lipinski definition) is 0. The van der Waals surface area contributed by atoms with Gasteiger partial charge in [0.25, 0.3) is 0 Å². The molecule has 0 aliphatic carbocycles. The summed E-state index contributed by atoms with van der Waals surface area (Å²) in [6, 6.07) is 0. The Hall–Kier alpha value is -3.93. The molecule has 0 aromatic heterocycles. The molecule has 0 saturated carbocycles. The standard InChI is InChI=1S/C72H122O6/c1-4-7-10-13-16-18-20-22-24-26-28-29-30-31-32-33-34-35-36-37-38-39-40-41-42-43-45-46-48-50-52-54-56-59-62-65-71(74)77-68-69(67-76-70(73)64-61-58-15-12-9-6-3)78-72(75)66-63-60-57-55-53-51-49-47-44-27-25-23-21-19-17-14-11-8-5-2/h7-8,10-11,16-19,22-25,28-29,44,47,51,53,69H,4-6,9,12-15,20-21,26-27,30-43,45-46,48-50,52,54-68H2,1-3H3/b10-7-,11-8-,18-16-,19-17-,24-22-,25-23-,29-28-,47-44-,53-51-. The normalized spacial score (nSPS) is 12.8. The van der Waals surface area contributed by atoms with Crippen LogP contribution in [0.1, 0.15) is 310 Å². The first-order chi connectivity index (χ1) is 38.5. The summed E-state index contributed by atoms with van der Waals surface area (Å²) in [5, 5.41) is 0. The minimum absolute atomic E-state index is 0.0885. The third-order valence-electron chi connectivity index (χ3n) is 14.0. The van der Waals surface area contributed by atoms with Crippen LogP contribution in [0.15, 0.2) is 109 Å². The highest BCUT2D eigenvalue weighted by Gasteiger charge is 2.19. The quantitative estimate of drug-likeness (QED) is 0.0261. The van der Waals surface area contributed by atoms with Crippen LogP contribution in [0, 0.1) is 0 Å². The van der Waals surface area contributed by atoms with Crippen molar-refractivity contribution in [2.24, 2.45) is 0 Å². The molecule has 0 rings (SSSR count). The lowest BCUT2D eigenvalue weighted by atomic mass is 10.0. The summed E-state index contributed by atoms with van der Waals surface area (Å²) in [5.41, 5.74) is 0. The van der Waals surface area contributed by atoms with E-state index in [1.54, 1.807) is 0 Å². The zero-order valence-electron chi connectivity index (χ0n) is 51.2. The second-order valence-corrected chi connectivity index (χ2v) is 21.6. The molecular formula is C72H122O6. The maximum Gasteiger partial charge on any atom is 0.306 e. The van der Waals surface area contributed by atoms with Gasteiger partial charge in [0, 0.05) is 19.3 Å². The SMILES string of the molecule is CC/C=C\C/C=C\C/C=C\C/C=C\C/C=C\CCCCCC(=O)OC(COC(=O)CCCCCCCC)COC(=O)CCCCCCCCCCCCCCCCCCCCCCCC/C=C\C/C=C\C/C=C\C/C=C\CC. The van der Waals surface area contributed by atoms with Crippen molar-refractivity contribution in [3.63, 3.8) is 0 Å². The van der Waals surface area contributed by atoms with Crippen molar-refractivity contribution >= 4 is 17.9 Å². The molecule has 0 spiro atoms. The van der Waals surface area contributed by atoms with Crippen LogP contribution in [-0.2, 0) is 28.6 Å². The molecule has 78 heavy (non-hydrogen) atoms. The van der Waals surface area contributed by atoms with E-state index in [4.69, 9.17) is 14.2 Å². The number of carbonyl (C=O) groups excluding carboxylic acids is 3. The molecule has 0 aromatic carbocycles. The molecule has 1 atom stereocenters. The number of esters is 3. The van der Waals surface area contributed by atoms with Crippen molar-refractivity contribution < 1.29 is 28.6 Å². The number of carbonyl (C=O) groups is 3. The van der Waals surface area contributed by atoms with Gasteiger partial charge in [-0.1, -0.05) is 297 Å². The number of ether oxygens (including phenoxy) is 3.